The predicted octanol–water partition coefficient (Wildman–Crippen LogP) is 2.60. The van der Waals surface area contributed by atoms with Gasteiger partial charge in [0.1, 0.15) is 6.10 Å². The number of rotatable bonds is 7. The van der Waals surface area contributed by atoms with Gasteiger partial charge in [0.2, 0.25) is 0 Å². The van der Waals surface area contributed by atoms with E-state index in [1.165, 1.54) is 25.8 Å². The zero-order valence-electron chi connectivity index (χ0n) is 11.2. The molecular formula is C15H22O3. The minimum absolute atomic E-state index is 0.388. The SMILES string of the molecule is C=CC(O)C#CC(C=CCCCCC)OC(C)=O. The average molecular weight is 250 g/mol. The minimum atomic E-state index is -0.892. The lowest BCUT2D eigenvalue weighted by molar-refractivity contribution is -0.142. The van der Waals surface area contributed by atoms with Crippen LogP contribution in [0.2, 0.25) is 0 Å². The summed E-state index contributed by atoms with van der Waals surface area (Å²) in [6.07, 6.45) is 7.95. The maximum Gasteiger partial charge on any atom is 0.304 e. The Bertz CT molecular complexity index is 333. The molecule has 0 bridgehead atoms. The molecule has 0 aromatic rings. The minimum Gasteiger partial charge on any atom is -0.445 e. The van der Waals surface area contributed by atoms with Crippen molar-refractivity contribution in [2.75, 3.05) is 0 Å². The van der Waals surface area contributed by atoms with Crippen LogP contribution in [0.25, 0.3) is 0 Å². The summed E-state index contributed by atoms with van der Waals surface area (Å²) in [5.74, 6) is 4.85. The first kappa shape index (κ1) is 16.5. The highest BCUT2D eigenvalue weighted by Gasteiger charge is 2.03. The molecule has 0 saturated carbocycles. The Labute approximate surface area is 110 Å². The third-order valence-corrected chi connectivity index (χ3v) is 2.17. The molecule has 0 aliphatic carbocycles. The molecule has 0 aromatic carbocycles. The Morgan fingerprint density at radius 1 is 1.44 bits per heavy atom. The maximum absolute atomic E-state index is 10.9. The van der Waals surface area contributed by atoms with E-state index in [4.69, 9.17) is 4.74 Å². The number of carbonyl (C=O) groups excluding carboxylic acids is 1. The number of ether oxygens (including phenoxy) is 1. The topological polar surface area (TPSA) is 46.5 Å². The van der Waals surface area contributed by atoms with Gasteiger partial charge in [0, 0.05) is 6.92 Å². The van der Waals surface area contributed by atoms with Gasteiger partial charge >= 0.3 is 5.97 Å². The van der Waals surface area contributed by atoms with Crippen LogP contribution >= 0.6 is 0 Å². The predicted molar refractivity (Wildman–Crippen MR) is 72.8 cm³/mol. The molecule has 3 heteroatoms. The molecule has 0 rings (SSSR count). The highest BCUT2D eigenvalue weighted by molar-refractivity contribution is 5.66. The molecule has 0 amide bonds. The fraction of sp³-hybridized carbons (Fsp3) is 0.533. The zero-order chi connectivity index (χ0) is 13.8. The summed E-state index contributed by atoms with van der Waals surface area (Å²) >= 11 is 0. The maximum atomic E-state index is 10.9. The van der Waals surface area contributed by atoms with Crippen molar-refractivity contribution >= 4 is 5.97 Å². The molecule has 18 heavy (non-hydrogen) atoms. The molecule has 1 N–H and O–H groups in total. The standard InChI is InChI=1S/C15H22O3/c1-4-6-7-8-9-10-15(18-13(3)16)12-11-14(17)5-2/h5,9-10,14-15,17H,2,4,6-8H2,1,3H3. The van der Waals surface area contributed by atoms with E-state index >= 15 is 0 Å². The van der Waals surface area contributed by atoms with Gasteiger partial charge in [-0.3, -0.25) is 4.79 Å². The van der Waals surface area contributed by atoms with Gasteiger partial charge < -0.3 is 9.84 Å². The van der Waals surface area contributed by atoms with Crippen molar-refractivity contribution in [3.63, 3.8) is 0 Å². The lowest BCUT2D eigenvalue weighted by atomic mass is 10.2. The molecule has 0 fully saturated rings. The molecule has 100 valence electrons. The first-order valence-electron chi connectivity index (χ1n) is 6.25. The number of unbranched alkanes of at least 4 members (excludes halogenated alkanes) is 3. The van der Waals surface area contributed by atoms with E-state index in [2.05, 4.69) is 25.3 Å². The van der Waals surface area contributed by atoms with Gasteiger partial charge in [-0.2, -0.15) is 0 Å². The fourth-order valence-corrected chi connectivity index (χ4v) is 1.25. The number of hydrogen-bond acceptors (Lipinski definition) is 3. The van der Waals surface area contributed by atoms with Crippen molar-refractivity contribution in [2.24, 2.45) is 0 Å². The molecule has 0 aromatic heterocycles. The third-order valence-electron chi connectivity index (χ3n) is 2.17. The number of allylic oxidation sites excluding steroid dienone is 1. The van der Waals surface area contributed by atoms with Crippen LogP contribution in [0.5, 0.6) is 0 Å². The van der Waals surface area contributed by atoms with E-state index in [9.17, 15) is 9.90 Å². The summed E-state index contributed by atoms with van der Waals surface area (Å²) in [5, 5.41) is 9.23. The number of aliphatic hydroxyl groups is 1. The van der Waals surface area contributed by atoms with Gasteiger partial charge in [-0.15, -0.1) is 0 Å². The molecule has 0 spiro atoms. The summed E-state index contributed by atoms with van der Waals surface area (Å²) in [6, 6.07) is 0. The van der Waals surface area contributed by atoms with Crippen LogP contribution in [0.3, 0.4) is 0 Å². The lowest BCUT2D eigenvalue weighted by Crippen LogP contribution is -2.12. The largest absolute Gasteiger partial charge is 0.445 e. The Morgan fingerprint density at radius 3 is 2.72 bits per heavy atom. The highest BCUT2D eigenvalue weighted by atomic mass is 16.5. The Hall–Kier alpha value is -1.53. The normalized spacial score (nSPS) is 13.5. The van der Waals surface area contributed by atoms with Gasteiger partial charge in [0.15, 0.2) is 6.10 Å². The molecule has 2 atom stereocenters. The van der Waals surface area contributed by atoms with Crippen LogP contribution in [0.15, 0.2) is 24.8 Å². The van der Waals surface area contributed by atoms with E-state index in [1.54, 1.807) is 6.08 Å². The van der Waals surface area contributed by atoms with E-state index in [0.29, 0.717) is 0 Å². The molecular weight excluding hydrogens is 228 g/mol. The fourth-order valence-electron chi connectivity index (χ4n) is 1.25. The monoisotopic (exact) mass is 250 g/mol. The second-order valence-corrected chi connectivity index (χ2v) is 3.92. The molecule has 3 nitrogen and oxygen atoms in total. The van der Waals surface area contributed by atoms with Crippen LogP contribution in [0, 0.1) is 11.8 Å². The molecule has 2 unspecified atom stereocenters. The molecule has 0 aliphatic heterocycles. The second kappa shape index (κ2) is 10.6. The summed E-state index contributed by atoms with van der Waals surface area (Å²) in [6.45, 7) is 6.90. The Morgan fingerprint density at radius 2 is 2.17 bits per heavy atom. The Kier molecular flexibility index (Phi) is 9.71. The molecule has 0 saturated heterocycles. The van der Waals surface area contributed by atoms with Crippen molar-refractivity contribution in [1.29, 1.82) is 0 Å². The molecule has 0 aliphatic rings. The quantitative estimate of drug-likeness (QED) is 0.327. The van der Waals surface area contributed by atoms with Gasteiger partial charge in [0.25, 0.3) is 0 Å². The van der Waals surface area contributed by atoms with E-state index < -0.39 is 12.2 Å². The molecule has 0 heterocycles. The van der Waals surface area contributed by atoms with Crippen molar-refractivity contribution in [2.45, 2.75) is 51.7 Å². The van der Waals surface area contributed by atoms with Crippen LogP contribution < -0.4 is 0 Å². The summed E-state index contributed by atoms with van der Waals surface area (Å²) in [7, 11) is 0. The molecule has 0 radical (unpaired) electrons. The number of aliphatic hydroxyl groups excluding tert-OH is 1. The van der Waals surface area contributed by atoms with Crippen LogP contribution in [-0.4, -0.2) is 23.3 Å². The first-order valence-corrected chi connectivity index (χ1v) is 6.25. The summed E-state index contributed by atoms with van der Waals surface area (Å²) in [5.41, 5.74) is 0. The van der Waals surface area contributed by atoms with Crippen molar-refractivity contribution in [1.82, 2.24) is 0 Å². The highest BCUT2D eigenvalue weighted by Crippen LogP contribution is 2.02. The first-order chi connectivity index (χ1) is 8.60. The summed E-state index contributed by atoms with van der Waals surface area (Å²) < 4.78 is 5.01. The summed E-state index contributed by atoms with van der Waals surface area (Å²) in [4.78, 5) is 10.9. The van der Waals surface area contributed by atoms with E-state index in [1.807, 2.05) is 6.08 Å². The van der Waals surface area contributed by atoms with Crippen molar-refractivity contribution in [3.8, 4) is 11.8 Å². The van der Waals surface area contributed by atoms with Crippen molar-refractivity contribution in [3.05, 3.63) is 24.8 Å². The van der Waals surface area contributed by atoms with E-state index in [-0.39, 0.29) is 5.97 Å². The number of esters is 1. The Balaban J connectivity index is 4.33. The third kappa shape index (κ3) is 9.68. The van der Waals surface area contributed by atoms with Gasteiger partial charge in [-0.25, -0.2) is 0 Å². The number of hydrogen-bond donors (Lipinski definition) is 1. The number of carbonyl (C=O) groups is 1. The lowest BCUT2D eigenvalue weighted by Gasteiger charge is -2.06. The van der Waals surface area contributed by atoms with Crippen LogP contribution in [0.4, 0.5) is 0 Å². The van der Waals surface area contributed by atoms with Crippen LogP contribution in [0.1, 0.15) is 39.5 Å². The van der Waals surface area contributed by atoms with Gasteiger partial charge in [-0.1, -0.05) is 50.3 Å². The zero-order valence-corrected chi connectivity index (χ0v) is 11.2. The van der Waals surface area contributed by atoms with Crippen molar-refractivity contribution < 1.29 is 14.6 Å². The van der Waals surface area contributed by atoms with E-state index in [0.717, 1.165) is 12.8 Å². The van der Waals surface area contributed by atoms with Crippen LogP contribution in [-0.2, 0) is 9.53 Å². The second-order valence-electron chi connectivity index (χ2n) is 3.92. The smallest absolute Gasteiger partial charge is 0.304 e. The van der Waals surface area contributed by atoms with Gasteiger partial charge in [0.05, 0.1) is 0 Å². The van der Waals surface area contributed by atoms with Gasteiger partial charge in [-0.05, 0) is 18.9 Å². The average Bonchev–Trinajstić information content (AvgIpc) is 2.34.